The van der Waals surface area contributed by atoms with Gasteiger partial charge in [-0.15, -0.1) is 0 Å². The molecule has 230 valence electrons. The molecule has 0 saturated carbocycles. The van der Waals surface area contributed by atoms with Crippen LogP contribution in [-0.4, -0.2) is 14.5 Å². The predicted molar refractivity (Wildman–Crippen MR) is 198 cm³/mol. The molecule has 0 aliphatic rings. The zero-order valence-corrected chi connectivity index (χ0v) is 26.2. The van der Waals surface area contributed by atoms with Crippen molar-refractivity contribution in [2.75, 3.05) is 0 Å². The zero-order chi connectivity index (χ0) is 32.3. The van der Waals surface area contributed by atoms with Crippen LogP contribution in [-0.2, 0) is 0 Å². The van der Waals surface area contributed by atoms with E-state index in [4.69, 9.17) is 8.83 Å². The van der Waals surface area contributed by atoms with Gasteiger partial charge in [0.05, 0.1) is 23.4 Å². The monoisotopic (exact) mass is 629 g/mol. The van der Waals surface area contributed by atoms with Crippen molar-refractivity contribution >= 4 is 43.4 Å². The highest BCUT2D eigenvalue weighted by molar-refractivity contribution is 6.25. The minimum atomic E-state index is 0.610. The van der Waals surface area contributed by atoms with Gasteiger partial charge in [-0.3, -0.25) is 0 Å². The molecule has 0 atom stereocenters. The molecular formula is C44H27N3O2. The Morgan fingerprint density at radius 1 is 0.388 bits per heavy atom. The first-order chi connectivity index (χ1) is 24.3. The van der Waals surface area contributed by atoms with Gasteiger partial charge in [-0.25, -0.2) is 9.97 Å². The van der Waals surface area contributed by atoms with Gasteiger partial charge >= 0.3 is 0 Å². The van der Waals surface area contributed by atoms with Crippen LogP contribution in [0.4, 0.5) is 0 Å². The van der Waals surface area contributed by atoms with E-state index in [1.165, 1.54) is 49.0 Å². The maximum Gasteiger partial charge on any atom is 0.225 e. The van der Waals surface area contributed by atoms with Crippen LogP contribution in [0.25, 0.3) is 94.2 Å². The van der Waals surface area contributed by atoms with E-state index < -0.39 is 0 Å². The molecule has 0 aliphatic carbocycles. The number of rotatable bonds is 5. The summed E-state index contributed by atoms with van der Waals surface area (Å²) in [4.78, 5) is 8.74. The minimum absolute atomic E-state index is 0.610. The van der Waals surface area contributed by atoms with Crippen LogP contribution in [0.5, 0.6) is 0 Å². The molecule has 0 amide bonds. The van der Waals surface area contributed by atoms with Crippen molar-refractivity contribution in [2.24, 2.45) is 0 Å². The highest BCUT2D eigenvalue weighted by Crippen LogP contribution is 2.47. The molecule has 10 aromatic rings. The third kappa shape index (κ3) is 4.33. The standard InChI is InChI=1S/C44H27N3O2/c1-2-8-32(9-3-1)47-39-13-7-6-10-33(39)36-26-37-38(27-40(36)47)42(29-16-20-31(21-17-29)44-46-23-25-49-44)35-12-5-4-11-34(35)41(37)28-14-18-30(19-15-28)43-45-22-24-48-43/h1-27H. The summed E-state index contributed by atoms with van der Waals surface area (Å²) in [5.74, 6) is 1.22. The van der Waals surface area contributed by atoms with Crippen molar-refractivity contribution < 1.29 is 8.83 Å². The Hall–Kier alpha value is -6.72. The highest BCUT2D eigenvalue weighted by Gasteiger charge is 2.21. The maximum absolute atomic E-state index is 5.61. The van der Waals surface area contributed by atoms with Crippen LogP contribution in [0.3, 0.4) is 0 Å². The smallest absolute Gasteiger partial charge is 0.225 e. The molecule has 0 aliphatic heterocycles. The molecule has 0 bridgehead atoms. The Morgan fingerprint density at radius 3 is 1.43 bits per heavy atom. The Morgan fingerprint density at radius 2 is 0.878 bits per heavy atom. The number of fused-ring (bicyclic) bond motifs is 5. The Bertz CT molecular complexity index is 2780. The fraction of sp³-hybridized carbons (Fsp3) is 0. The van der Waals surface area contributed by atoms with Gasteiger partial charge in [0.25, 0.3) is 0 Å². The molecule has 0 N–H and O–H groups in total. The molecule has 3 aromatic heterocycles. The van der Waals surface area contributed by atoms with E-state index in [0.717, 1.165) is 33.5 Å². The van der Waals surface area contributed by atoms with E-state index in [0.29, 0.717) is 11.8 Å². The number of benzene rings is 7. The fourth-order valence-electron chi connectivity index (χ4n) is 7.41. The molecule has 0 saturated heterocycles. The number of aromatic nitrogens is 3. The summed E-state index contributed by atoms with van der Waals surface area (Å²) >= 11 is 0. The lowest BCUT2D eigenvalue weighted by Crippen LogP contribution is -1.95. The van der Waals surface area contributed by atoms with E-state index in [1.54, 1.807) is 24.9 Å². The van der Waals surface area contributed by atoms with Crippen molar-refractivity contribution in [1.29, 1.82) is 0 Å². The van der Waals surface area contributed by atoms with Crippen LogP contribution >= 0.6 is 0 Å². The van der Waals surface area contributed by atoms with E-state index >= 15 is 0 Å². The number of para-hydroxylation sites is 2. The second-order valence-electron chi connectivity index (χ2n) is 12.2. The molecule has 0 spiro atoms. The first-order valence-electron chi connectivity index (χ1n) is 16.3. The molecule has 10 rings (SSSR count). The fourth-order valence-corrected chi connectivity index (χ4v) is 7.41. The van der Waals surface area contributed by atoms with Crippen molar-refractivity contribution in [3.63, 3.8) is 0 Å². The van der Waals surface area contributed by atoms with Crippen LogP contribution < -0.4 is 0 Å². The summed E-state index contributed by atoms with van der Waals surface area (Å²) in [6.45, 7) is 0. The van der Waals surface area contributed by atoms with Gasteiger partial charge in [0.15, 0.2) is 0 Å². The molecule has 0 radical (unpaired) electrons. The zero-order valence-electron chi connectivity index (χ0n) is 26.2. The van der Waals surface area contributed by atoms with Crippen molar-refractivity contribution in [2.45, 2.75) is 0 Å². The SMILES string of the molecule is c1ccc(-n2c3ccccc3c3cc4c(-c5ccc(-c6ncco6)cc5)c5ccccc5c(-c5ccc(-c6ncco6)cc5)c4cc32)cc1. The van der Waals surface area contributed by atoms with Crippen LogP contribution in [0.2, 0.25) is 0 Å². The number of hydrogen-bond acceptors (Lipinski definition) is 4. The van der Waals surface area contributed by atoms with Crippen LogP contribution in [0, 0.1) is 0 Å². The van der Waals surface area contributed by atoms with Gasteiger partial charge in [-0.2, -0.15) is 0 Å². The first kappa shape index (κ1) is 27.4. The van der Waals surface area contributed by atoms with Crippen LogP contribution in [0.15, 0.2) is 173 Å². The van der Waals surface area contributed by atoms with E-state index in [9.17, 15) is 0 Å². The van der Waals surface area contributed by atoms with Gasteiger partial charge in [0, 0.05) is 27.6 Å². The van der Waals surface area contributed by atoms with Gasteiger partial charge in [0.2, 0.25) is 11.8 Å². The number of hydrogen-bond donors (Lipinski definition) is 0. The van der Waals surface area contributed by atoms with Gasteiger partial charge in [-0.05, 0) is 98.4 Å². The predicted octanol–water partition coefficient (Wildman–Crippen LogP) is 11.7. The lowest BCUT2D eigenvalue weighted by molar-refractivity contribution is 0.574. The number of oxazole rings is 2. The molecule has 5 nitrogen and oxygen atoms in total. The summed E-state index contributed by atoms with van der Waals surface area (Å²) in [6.07, 6.45) is 6.57. The molecule has 3 heterocycles. The van der Waals surface area contributed by atoms with Gasteiger partial charge in [0.1, 0.15) is 12.5 Å². The molecule has 0 fully saturated rings. The average Bonchev–Trinajstić information content (AvgIpc) is 3.96. The largest absolute Gasteiger partial charge is 0.445 e. The molecule has 5 heteroatoms. The molecule has 0 unspecified atom stereocenters. The Kier molecular flexibility index (Phi) is 6.11. The summed E-state index contributed by atoms with van der Waals surface area (Å²) < 4.78 is 13.6. The normalized spacial score (nSPS) is 11.7. The van der Waals surface area contributed by atoms with E-state index in [2.05, 4.69) is 154 Å². The van der Waals surface area contributed by atoms with Gasteiger partial charge < -0.3 is 13.4 Å². The molecule has 49 heavy (non-hydrogen) atoms. The molecule has 7 aromatic carbocycles. The maximum atomic E-state index is 5.61. The lowest BCUT2D eigenvalue weighted by Gasteiger charge is -2.19. The average molecular weight is 630 g/mol. The van der Waals surface area contributed by atoms with Crippen LogP contribution in [0.1, 0.15) is 0 Å². The third-order valence-electron chi connectivity index (χ3n) is 9.54. The summed E-state index contributed by atoms with van der Waals surface area (Å²) in [5.41, 5.74) is 10.0. The topological polar surface area (TPSA) is 57.0 Å². The second kappa shape index (κ2) is 10.9. The van der Waals surface area contributed by atoms with Crippen molar-refractivity contribution in [3.05, 3.63) is 164 Å². The summed E-state index contributed by atoms with van der Waals surface area (Å²) in [6, 6.07) is 50.0. The van der Waals surface area contributed by atoms with E-state index in [1.807, 2.05) is 0 Å². The lowest BCUT2D eigenvalue weighted by atomic mass is 9.85. The first-order valence-corrected chi connectivity index (χ1v) is 16.3. The Labute approximate surface area is 281 Å². The third-order valence-corrected chi connectivity index (χ3v) is 9.54. The quantitative estimate of drug-likeness (QED) is 0.178. The van der Waals surface area contributed by atoms with Crippen molar-refractivity contribution in [1.82, 2.24) is 14.5 Å². The molecular weight excluding hydrogens is 603 g/mol. The van der Waals surface area contributed by atoms with Crippen molar-refractivity contribution in [3.8, 4) is 50.8 Å². The summed E-state index contributed by atoms with van der Waals surface area (Å²) in [7, 11) is 0. The number of nitrogens with zero attached hydrogens (tertiary/aromatic N) is 3. The van der Waals surface area contributed by atoms with E-state index in [-0.39, 0.29) is 0 Å². The highest BCUT2D eigenvalue weighted by atomic mass is 16.3. The Balaban J connectivity index is 1.33. The summed E-state index contributed by atoms with van der Waals surface area (Å²) in [5, 5.41) is 7.19. The minimum Gasteiger partial charge on any atom is -0.445 e. The van der Waals surface area contributed by atoms with Gasteiger partial charge in [-0.1, -0.05) is 84.9 Å². The second-order valence-corrected chi connectivity index (χ2v) is 12.2.